The summed E-state index contributed by atoms with van der Waals surface area (Å²) in [5.74, 6) is 1.10. The van der Waals surface area contributed by atoms with Crippen molar-refractivity contribution in [2.24, 2.45) is 0 Å². The number of carboxylic acid groups (broad SMARTS) is 1. The molecule has 132 valence electrons. The van der Waals surface area contributed by atoms with Gasteiger partial charge in [-0.25, -0.2) is 4.79 Å². The molecule has 1 aliphatic heterocycles. The zero-order valence-electron chi connectivity index (χ0n) is 14.4. The number of hydrogen-bond donors (Lipinski definition) is 2. The van der Waals surface area contributed by atoms with Crippen molar-refractivity contribution in [2.45, 2.75) is 32.4 Å². The lowest BCUT2D eigenvalue weighted by Crippen LogP contribution is -2.11. The average Bonchev–Trinajstić information content (AvgIpc) is 3.11. The summed E-state index contributed by atoms with van der Waals surface area (Å²) in [7, 11) is 0. The smallest absolute Gasteiger partial charge is 0.335 e. The third kappa shape index (κ3) is 3.31. The Morgan fingerprint density at radius 2 is 1.96 bits per heavy atom. The molecule has 0 unspecified atom stereocenters. The molecule has 0 amide bonds. The Morgan fingerprint density at radius 1 is 1.12 bits per heavy atom. The van der Waals surface area contributed by atoms with Gasteiger partial charge >= 0.3 is 5.97 Å². The lowest BCUT2D eigenvalue weighted by Gasteiger charge is -2.15. The van der Waals surface area contributed by atoms with Crippen LogP contribution >= 0.6 is 0 Å². The number of fused-ring (bicyclic) bond motifs is 1. The standard InChI is InChI=1S/C20H20N4O2/c25-20(26)16-5-3-4-14(12-16)13-21-17-9-7-15(8-10-17)19-23-22-18-6-1-2-11-24(18)19/h3-5,7-10,12,21H,1-2,6,11,13H2,(H,25,26). The summed E-state index contributed by atoms with van der Waals surface area (Å²) in [6.45, 7) is 1.55. The average molecular weight is 348 g/mol. The quantitative estimate of drug-likeness (QED) is 0.736. The second-order valence-corrected chi connectivity index (χ2v) is 6.49. The van der Waals surface area contributed by atoms with Gasteiger partial charge in [0.05, 0.1) is 5.56 Å². The minimum atomic E-state index is -0.909. The first kappa shape index (κ1) is 16.3. The van der Waals surface area contributed by atoms with Gasteiger partial charge in [0, 0.05) is 30.8 Å². The molecule has 0 bridgehead atoms. The highest BCUT2D eigenvalue weighted by atomic mass is 16.4. The summed E-state index contributed by atoms with van der Waals surface area (Å²) >= 11 is 0. The fourth-order valence-electron chi connectivity index (χ4n) is 3.28. The maximum atomic E-state index is 11.0. The Kier molecular flexibility index (Phi) is 4.39. The molecule has 0 saturated carbocycles. The van der Waals surface area contributed by atoms with E-state index in [1.807, 2.05) is 30.3 Å². The topological polar surface area (TPSA) is 80.0 Å². The highest BCUT2D eigenvalue weighted by molar-refractivity contribution is 5.87. The number of aryl methyl sites for hydroxylation is 1. The number of aromatic nitrogens is 3. The van der Waals surface area contributed by atoms with Gasteiger partial charge in [-0.15, -0.1) is 10.2 Å². The van der Waals surface area contributed by atoms with E-state index in [0.717, 1.165) is 41.4 Å². The van der Waals surface area contributed by atoms with Crippen molar-refractivity contribution in [1.29, 1.82) is 0 Å². The molecule has 1 aliphatic rings. The van der Waals surface area contributed by atoms with E-state index >= 15 is 0 Å². The number of rotatable bonds is 5. The summed E-state index contributed by atoms with van der Waals surface area (Å²) in [6.07, 6.45) is 3.36. The highest BCUT2D eigenvalue weighted by Crippen LogP contribution is 2.24. The summed E-state index contributed by atoms with van der Waals surface area (Å²) in [5, 5.41) is 21.1. The molecule has 2 N–H and O–H groups in total. The van der Waals surface area contributed by atoms with Crippen molar-refractivity contribution in [3.8, 4) is 11.4 Å². The first-order chi connectivity index (χ1) is 12.7. The van der Waals surface area contributed by atoms with E-state index in [1.165, 1.54) is 12.8 Å². The second kappa shape index (κ2) is 7.00. The van der Waals surface area contributed by atoms with E-state index in [-0.39, 0.29) is 0 Å². The van der Waals surface area contributed by atoms with Crippen molar-refractivity contribution in [1.82, 2.24) is 14.8 Å². The SMILES string of the molecule is O=C(O)c1cccc(CNc2ccc(-c3nnc4n3CCCC4)cc2)c1. The van der Waals surface area contributed by atoms with Gasteiger partial charge < -0.3 is 15.0 Å². The first-order valence-electron chi connectivity index (χ1n) is 8.79. The van der Waals surface area contributed by atoms with Crippen molar-refractivity contribution < 1.29 is 9.90 Å². The van der Waals surface area contributed by atoms with E-state index in [9.17, 15) is 4.79 Å². The predicted molar refractivity (Wildman–Crippen MR) is 99.1 cm³/mol. The monoisotopic (exact) mass is 348 g/mol. The largest absolute Gasteiger partial charge is 0.478 e. The molecule has 2 heterocycles. The number of benzene rings is 2. The van der Waals surface area contributed by atoms with Gasteiger partial charge in [0.25, 0.3) is 0 Å². The number of carbonyl (C=O) groups is 1. The van der Waals surface area contributed by atoms with E-state index < -0.39 is 5.97 Å². The van der Waals surface area contributed by atoms with Crippen LogP contribution in [0.5, 0.6) is 0 Å². The summed E-state index contributed by atoms with van der Waals surface area (Å²) in [5.41, 5.74) is 3.27. The van der Waals surface area contributed by atoms with Crippen molar-refractivity contribution in [2.75, 3.05) is 5.32 Å². The van der Waals surface area contributed by atoms with Crippen LogP contribution in [0.15, 0.2) is 48.5 Å². The van der Waals surface area contributed by atoms with Crippen LogP contribution in [-0.4, -0.2) is 25.8 Å². The van der Waals surface area contributed by atoms with Gasteiger partial charge in [0.2, 0.25) is 0 Å². The molecule has 4 rings (SSSR count). The van der Waals surface area contributed by atoms with Gasteiger partial charge in [-0.2, -0.15) is 0 Å². The third-order valence-electron chi connectivity index (χ3n) is 4.67. The summed E-state index contributed by atoms with van der Waals surface area (Å²) in [4.78, 5) is 11.0. The van der Waals surface area contributed by atoms with Gasteiger partial charge in [-0.3, -0.25) is 0 Å². The molecule has 0 saturated heterocycles. The predicted octanol–water partition coefficient (Wildman–Crippen LogP) is 3.59. The molecule has 6 heteroatoms. The number of carboxylic acids is 1. The number of nitrogens with zero attached hydrogens (tertiary/aromatic N) is 3. The third-order valence-corrected chi connectivity index (χ3v) is 4.67. The van der Waals surface area contributed by atoms with Gasteiger partial charge in [-0.1, -0.05) is 12.1 Å². The molecular weight excluding hydrogens is 328 g/mol. The normalized spacial score (nSPS) is 13.2. The van der Waals surface area contributed by atoms with Crippen molar-refractivity contribution >= 4 is 11.7 Å². The van der Waals surface area contributed by atoms with Crippen LogP contribution in [0.4, 0.5) is 5.69 Å². The molecule has 6 nitrogen and oxygen atoms in total. The lowest BCUT2D eigenvalue weighted by atomic mass is 10.1. The maximum absolute atomic E-state index is 11.0. The van der Waals surface area contributed by atoms with Crippen LogP contribution in [0.2, 0.25) is 0 Å². The Balaban J connectivity index is 1.46. The molecule has 0 spiro atoms. The second-order valence-electron chi connectivity index (χ2n) is 6.49. The van der Waals surface area contributed by atoms with E-state index in [0.29, 0.717) is 12.1 Å². The minimum absolute atomic E-state index is 0.302. The van der Waals surface area contributed by atoms with Gasteiger partial charge in [0.1, 0.15) is 5.82 Å². The zero-order chi connectivity index (χ0) is 17.9. The number of aromatic carboxylic acids is 1. The molecule has 0 fully saturated rings. The fraction of sp³-hybridized carbons (Fsp3) is 0.250. The van der Waals surface area contributed by atoms with Crippen molar-refractivity contribution in [3.63, 3.8) is 0 Å². The Bertz CT molecular complexity index is 931. The van der Waals surface area contributed by atoms with Gasteiger partial charge in [-0.05, 0) is 54.8 Å². The van der Waals surface area contributed by atoms with E-state index in [2.05, 4.69) is 20.1 Å². The molecule has 0 atom stereocenters. The fourth-order valence-corrected chi connectivity index (χ4v) is 3.28. The molecule has 1 aromatic heterocycles. The molecule has 2 aromatic carbocycles. The van der Waals surface area contributed by atoms with Crippen LogP contribution in [0.1, 0.15) is 34.6 Å². The Hall–Kier alpha value is -3.15. The summed E-state index contributed by atoms with van der Waals surface area (Å²) in [6, 6.07) is 15.1. The van der Waals surface area contributed by atoms with Crippen LogP contribution < -0.4 is 5.32 Å². The molecule has 0 aliphatic carbocycles. The van der Waals surface area contributed by atoms with Crippen LogP contribution in [0.3, 0.4) is 0 Å². The van der Waals surface area contributed by atoms with Crippen molar-refractivity contribution in [3.05, 3.63) is 65.5 Å². The van der Waals surface area contributed by atoms with E-state index in [4.69, 9.17) is 5.11 Å². The maximum Gasteiger partial charge on any atom is 0.335 e. The molecule has 0 radical (unpaired) electrons. The first-order valence-corrected chi connectivity index (χ1v) is 8.79. The highest BCUT2D eigenvalue weighted by Gasteiger charge is 2.16. The Morgan fingerprint density at radius 3 is 2.77 bits per heavy atom. The van der Waals surface area contributed by atoms with Crippen LogP contribution in [0, 0.1) is 0 Å². The number of hydrogen-bond acceptors (Lipinski definition) is 4. The molecule has 3 aromatic rings. The molecular formula is C20H20N4O2. The number of nitrogens with one attached hydrogen (secondary N) is 1. The Labute approximate surface area is 151 Å². The summed E-state index contributed by atoms with van der Waals surface area (Å²) < 4.78 is 2.21. The van der Waals surface area contributed by atoms with E-state index in [1.54, 1.807) is 18.2 Å². The lowest BCUT2D eigenvalue weighted by molar-refractivity contribution is 0.0696. The minimum Gasteiger partial charge on any atom is -0.478 e. The zero-order valence-corrected chi connectivity index (χ0v) is 14.4. The van der Waals surface area contributed by atoms with Gasteiger partial charge in [0.15, 0.2) is 5.82 Å². The van der Waals surface area contributed by atoms with Crippen LogP contribution in [-0.2, 0) is 19.5 Å². The molecule has 26 heavy (non-hydrogen) atoms. The number of anilines is 1. The van der Waals surface area contributed by atoms with Crippen LogP contribution in [0.25, 0.3) is 11.4 Å².